The Morgan fingerprint density at radius 1 is 1.30 bits per heavy atom. The van der Waals surface area contributed by atoms with Gasteiger partial charge in [0, 0.05) is 43.2 Å². The maximum Gasteiger partial charge on any atom is 0.274 e. The van der Waals surface area contributed by atoms with Gasteiger partial charge in [0.25, 0.3) is 11.3 Å². The fourth-order valence-electron chi connectivity index (χ4n) is 3.44. The van der Waals surface area contributed by atoms with Gasteiger partial charge in [-0.05, 0) is 12.1 Å². The lowest BCUT2D eigenvalue weighted by Gasteiger charge is -2.25. The number of halogens is 1. The van der Waals surface area contributed by atoms with Crippen LogP contribution in [0.15, 0.2) is 46.0 Å². The highest BCUT2D eigenvalue weighted by atomic mass is 19.1. The van der Waals surface area contributed by atoms with E-state index in [0.717, 1.165) is 17.9 Å². The van der Waals surface area contributed by atoms with Gasteiger partial charge in [-0.3, -0.25) is 14.8 Å². The molecule has 1 N–H and O–H groups in total. The standard InChI is InChI=1S/C18H15FN6O2/c19-14-4-2-1-3-12(14)17-13-9-24(6-5-15(13)27-23-17)8-11-7-16(26)25-18(22-11)20-10-21-25/h1-4,7,10H,5-6,8-9H2,(H,20,21,22). The Kier molecular flexibility index (Phi) is 3.61. The highest BCUT2D eigenvalue weighted by Crippen LogP contribution is 2.31. The summed E-state index contributed by atoms with van der Waals surface area (Å²) in [4.78, 5) is 22.7. The number of hydrogen-bond acceptors (Lipinski definition) is 6. The summed E-state index contributed by atoms with van der Waals surface area (Å²) in [6.07, 6.45) is 2.10. The van der Waals surface area contributed by atoms with Crippen molar-refractivity contribution in [2.24, 2.45) is 0 Å². The Balaban J connectivity index is 1.44. The first-order valence-electron chi connectivity index (χ1n) is 8.56. The van der Waals surface area contributed by atoms with Crippen molar-refractivity contribution in [1.29, 1.82) is 0 Å². The van der Waals surface area contributed by atoms with E-state index in [-0.39, 0.29) is 11.4 Å². The van der Waals surface area contributed by atoms with Crippen LogP contribution < -0.4 is 5.56 Å². The van der Waals surface area contributed by atoms with Gasteiger partial charge in [0.05, 0.1) is 5.69 Å². The van der Waals surface area contributed by atoms with E-state index in [1.807, 2.05) is 0 Å². The molecule has 5 rings (SSSR count). The molecule has 0 saturated heterocycles. The number of H-pyrrole nitrogens is 1. The number of fused-ring (bicyclic) bond motifs is 2. The highest BCUT2D eigenvalue weighted by Gasteiger charge is 2.26. The molecule has 0 amide bonds. The van der Waals surface area contributed by atoms with Gasteiger partial charge in [0.15, 0.2) is 0 Å². The average molecular weight is 366 g/mol. The van der Waals surface area contributed by atoms with E-state index < -0.39 is 0 Å². The van der Waals surface area contributed by atoms with Crippen molar-refractivity contribution in [2.75, 3.05) is 6.54 Å². The molecule has 27 heavy (non-hydrogen) atoms. The second-order valence-corrected chi connectivity index (χ2v) is 6.48. The van der Waals surface area contributed by atoms with Crippen LogP contribution >= 0.6 is 0 Å². The van der Waals surface area contributed by atoms with Crippen LogP contribution in [-0.4, -0.2) is 36.2 Å². The molecule has 0 unspecified atom stereocenters. The summed E-state index contributed by atoms with van der Waals surface area (Å²) in [5.41, 5.74) is 2.27. The van der Waals surface area contributed by atoms with Crippen LogP contribution in [0.4, 0.5) is 4.39 Å². The van der Waals surface area contributed by atoms with Crippen molar-refractivity contribution in [3.63, 3.8) is 0 Å². The number of nitrogens with one attached hydrogen (secondary N) is 1. The largest absolute Gasteiger partial charge is 0.360 e. The molecule has 8 nitrogen and oxygen atoms in total. The van der Waals surface area contributed by atoms with Crippen molar-refractivity contribution in [1.82, 2.24) is 29.6 Å². The van der Waals surface area contributed by atoms with Crippen LogP contribution in [-0.2, 0) is 19.5 Å². The normalized spacial score (nSPS) is 14.6. The maximum atomic E-state index is 14.2. The molecule has 3 aromatic heterocycles. The summed E-state index contributed by atoms with van der Waals surface area (Å²) in [6, 6.07) is 8.02. The van der Waals surface area contributed by atoms with Gasteiger partial charge in [-0.15, -0.1) is 0 Å². The summed E-state index contributed by atoms with van der Waals surface area (Å²) >= 11 is 0. The minimum Gasteiger partial charge on any atom is -0.360 e. The molecule has 1 aromatic carbocycles. The van der Waals surface area contributed by atoms with Crippen LogP contribution in [0.5, 0.6) is 0 Å². The molecule has 0 fully saturated rings. The van der Waals surface area contributed by atoms with Gasteiger partial charge in [0.2, 0.25) is 0 Å². The first-order valence-corrected chi connectivity index (χ1v) is 8.56. The molecule has 0 saturated carbocycles. The molecule has 1 aliphatic rings. The number of aromatic nitrogens is 5. The third-order valence-corrected chi connectivity index (χ3v) is 4.74. The summed E-state index contributed by atoms with van der Waals surface area (Å²) in [6.45, 7) is 1.77. The number of nitrogens with zero attached hydrogens (tertiary/aromatic N) is 5. The van der Waals surface area contributed by atoms with Crippen molar-refractivity contribution >= 4 is 5.78 Å². The van der Waals surface area contributed by atoms with Gasteiger partial charge < -0.3 is 4.52 Å². The van der Waals surface area contributed by atoms with E-state index in [9.17, 15) is 9.18 Å². The monoisotopic (exact) mass is 366 g/mol. The van der Waals surface area contributed by atoms with Crippen molar-refractivity contribution in [3.05, 3.63) is 69.8 Å². The zero-order valence-electron chi connectivity index (χ0n) is 14.2. The Morgan fingerprint density at radius 3 is 3.07 bits per heavy atom. The van der Waals surface area contributed by atoms with Gasteiger partial charge >= 0.3 is 0 Å². The van der Waals surface area contributed by atoms with Crippen molar-refractivity contribution < 1.29 is 8.91 Å². The molecule has 0 radical (unpaired) electrons. The Bertz CT molecular complexity index is 1190. The van der Waals surface area contributed by atoms with Crippen LogP contribution in [0.25, 0.3) is 17.0 Å². The molecule has 4 aromatic rings. The van der Waals surface area contributed by atoms with Crippen molar-refractivity contribution in [3.8, 4) is 11.3 Å². The van der Waals surface area contributed by atoms with Crippen LogP contribution in [0.2, 0.25) is 0 Å². The second-order valence-electron chi connectivity index (χ2n) is 6.48. The van der Waals surface area contributed by atoms with Crippen LogP contribution in [0.3, 0.4) is 0 Å². The summed E-state index contributed by atoms with van der Waals surface area (Å²) in [5, 5.41) is 6.81. The SMILES string of the molecule is O=c1cc(CN2CCc3onc(-c4ccccc4F)c3C2)nc2nc[nH]n12. The highest BCUT2D eigenvalue weighted by molar-refractivity contribution is 5.64. The molecule has 1 aliphatic heterocycles. The van der Waals surface area contributed by atoms with E-state index in [1.165, 1.54) is 23.0 Å². The summed E-state index contributed by atoms with van der Waals surface area (Å²) in [5.74, 6) is 0.789. The molecule has 0 atom stereocenters. The molecular formula is C18H15FN6O2. The van der Waals surface area contributed by atoms with Crippen LogP contribution in [0.1, 0.15) is 17.0 Å². The van der Waals surface area contributed by atoms with Crippen LogP contribution in [0, 0.1) is 5.82 Å². The van der Waals surface area contributed by atoms with E-state index in [2.05, 4.69) is 25.1 Å². The van der Waals surface area contributed by atoms with E-state index in [4.69, 9.17) is 4.52 Å². The third-order valence-electron chi connectivity index (χ3n) is 4.74. The molecular weight excluding hydrogens is 351 g/mol. The molecule has 4 heterocycles. The number of aromatic amines is 1. The fourth-order valence-corrected chi connectivity index (χ4v) is 3.44. The number of rotatable bonds is 3. The molecule has 0 spiro atoms. The Labute approximate surface area is 152 Å². The number of hydrogen-bond donors (Lipinski definition) is 1. The molecule has 9 heteroatoms. The minimum absolute atomic E-state index is 0.206. The fraction of sp³-hybridized carbons (Fsp3) is 0.222. The predicted molar refractivity (Wildman–Crippen MR) is 93.3 cm³/mol. The van der Waals surface area contributed by atoms with Gasteiger partial charge in [-0.1, -0.05) is 17.3 Å². The quantitative estimate of drug-likeness (QED) is 0.594. The topological polar surface area (TPSA) is 92.3 Å². The van der Waals surface area contributed by atoms with E-state index >= 15 is 0 Å². The summed E-state index contributed by atoms with van der Waals surface area (Å²) in [7, 11) is 0. The summed E-state index contributed by atoms with van der Waals surface area (Å²) < 4.78 is 20.9. The Hall–Kier alpha value is -3.33. The number of benzene rings is 1. The van der Waals surface area contributed by atoms with Crippen molar-refractivity contribution in [2.45, 2.75) is 19.5 Å². The Morgan fingerprint density at radius 2 is 2.19 bits per heavy atom. The smallest absolute Gasteiger partial charge is 0.274 e. The third kappa shape index (κ3) is 2.72. The first kappa shape index (κ1) is 15.9. The lowest BCUT2D eigenvalue weighted by Crippen LogP contribution is -2.31. The first-order chi connectivity index (χ1) is 13.2. The molecule has 0 aliphatic carbocycles. The van der Waals surface area contributed by atoms with Gasteiger partial charge in [0.1, 0.15) is 23.6 Å². The molecule has 0 bridgehead atoms. The zero-order valence-corrected chi connectivity index (χ0v) is 14.2. The van der Waals surface area contributed by atoms with E-state index in [0.29, 0.717) is 42.2 Å². The zero-order chi connectivity index (χ0) is 18.4. The second kappa shape index (κ2) is 6.13. The average Bonchev–Trinajstić information content (AvgIpc) is 3.29. The molecule has 136 valence electrons. The van der Waals surface area contributed by atoms with E-state index in [1.54, 1.807) is 18.2 Å². The minimum atomic E-state index is -0.329. The predicted octanol–water partition coefficient (Wildman–Crippen LogP) is 1.77. The van der Waals surface area contributed by atoms with Gasteiger partial charge in [-0.25, -0.2) is 14.4 Å². The lowest BCUT2D eigenvalue weighted by atomic mass is 10.0. The lowest BCUT2D eigenvalue weighted by molar-refractivity contribution is 0.226. The van der Waals surface area contributed by atoms with Gasteiger partial charge in [-0.2, -0.15) is 4.52 Å². The maximum absolute atomic E-state index is 14.2.